The predicted octanol–water partition coefficient (Wildman–Crippen LogP) is 9.41. The summed E-state index contributed by atoms with van der Waals surface area (Å²) in [6.45, 7) is 16.9. The van der Waals surface area contributed by atoms with Crippen molar-refractivity contribution in [2.45, 2.75) is 163 Å². The second kappa shape index (κ2) is 24.2. The van der Waals surface area contributed by atoms with Crippen LogP contribution in [-0.4, -0.2) is 38.9 Å². The van der Waals surface area contributed by atoms with Gasteiger partial charge in [-0.3, -0.25) is 0 Å². The lowest BCUT2D eigenvalue weighted by Crippen LogP contribution is -2.55. The standard InChI is InChI=1S/C31H65NO3/c1-7-13-15-17-19-20-22-24-27-30(28-25-29-32-9-3,26-23-21-18-16-14-8-2)31(33-10-4,34-11-5)35-12-6/h32H,7-29H2,1-6H3. The highest BCUT2D eigenvalue weighted by Crippen LogP contribution is 2.49. The smallest absolute Gasteiger partial charge is 0.288 e. The minimum absolute atomic E-state index is 0.0998. The lowest BCUT2D eigenvalue weighted by Gasteiger charge is -2.49. The van der Waals surface area contributed by atoms with Gasteiger partial charge in [0.05, 0.1) is 5.41 Å². The van der Waals surface area contributed by atoms with Gasteiger partial charge < -0.3 is 19.5 Å². The van der Waals surface area contributed by atoms with E-state index >= 15 is 0 Å². The van der Waals surface area contributed by atoms with Crippen LogP contribution >= 0.6 is 0 Å². The summed E-state index contributed by atoms with van der Waals surface area (Å²) in [5, 5.41) is 3.54. The SMILES string of the molecule is CCCCCCCCCCC(CCCCCCCC)(CCCNCC)C(OCC)(OCC)OCC. The number of hydrogen-bond acceptors (Lipinski definition) is 4. The minimum atomic E-state index is -0.929. The second-order valence-electron chi connectivity index (χ2n) is 10.3. The molecule has 1 N–H and O–H groups in total. The minimum Gasteiger partial charge on any atom is -0.327 e. The number of ether oxygens (including phenoxy) is 3. The van der Waals surface area contributed by atoms with Crippen molar-refractivity contribution in [3.05, 3.63) is 0 Å². The van der Waals surface area contributed by atoms with Crippen LogP contribution in [0.1, 0.15) is 157 Å². The Morgan fingerprint density at radius 2 is 0.829 bits per heavy atom. The third kappa shape index (κ3) is 15.0. The Morgan fingerprint density at radius 1 is 0.457 bits per heavy atom. The molecule has 0 saturated carbocycles. The fourth-order valence-corrected chi connectivity index (χ4v) is 5.56. The molecule has 4 nitrogen and oxygen atoms in total. The van der Waals surface area contributed by atoms with Gasteiger partial charge in [-0.25, -0.2) is 0 Å². The van der Waals surface area contributed by atoms with Crippen molar-refractivity contribution in [2.75, 3.05) is 32.9 Å². The molecule has 0 aliphatic heterocycles. The number of rotatable bonds is 28. The molecule has 4 heteroatoms. The molecule has 0 aromatic heterocycles. The molecular formula is C31H65NO3. The summed E-state index contributed by atoms with van der Waals surface area (Å²) in [5.74, 6) is -0.929. The molecule has 0 rings (SSSR count). The van der Waals surface area contributed by atoms with E-state index < -0.39 is 5.97 Å². The molecule has 0 aromatic carbocycles. The zero-order valence-corrected chi connectivity index (χ0v) is 25.0. The molecule has 0 fully saturated rings. The first-order valence-corrected chi connectivity index (χ1v) is 15.7. The summed E-state index contributed by atoms with van der Waals surface area (Å²) >= 11 is 0. The van der Waals surface area contributed by atoms with E-state index in [0.29, 0.717) is 19.8 Å². The number of unbranched alkanes of at least 4 members (excludes halogenated alkanes) is 12. The van der Waals surface area contributed by atoms with Gasteiger partial charge >= 0.3 is 0 Å². The van der Waals surface area contributed by atoms with Gasteiger partial charge in [-0.15, -0.1) is 0 Å². The van der Waals surface area contributed by atoms with Crippen molar-refractivity contribution in [1.82, 2.24) is 5.32 Å². The summed E-state index contributed by atoms with van der Waals surface area (Å²) in [7, 11) is 0. The lowest BCUT2D eigenvalue weighted by atomic mass is 9.71. The van der Waals surface area contributed by atoms with Crippen LogP contribution in [0.4, 0.5) is 0 Å². The molecule has 0 aromatic rings. The molecule has 0 aliphatic rings. The largest absolute Gasteiger partial charge is 0.327 e. The van der Waals surface area contributed by atoms with Gasteiger partial charge in [0, 0.05) is 19.8 Å². The topological polar surface area (TPSA) is 39.7 Å². The van der Waals surface area contributed by atoms with Gasteiger partial charge in [-0.2, -0.15) is 0 Å². The van der Waals surface area contributed by atoms with Gasteiger partial charge in [0.25, 0.3) is 5.97 Å². The molecule has 0 saturated heterocycles. The molecule has 0 spiro atoms. The monoisotopic (exact) mass is 499 g/mol. The molecule has 212 valence electrons. The molecule has 1 unspecified atom stereocenters. The van der Waals surface area contributed by atoms with Gasteiger partial charge in [-0.05, 0) is 59.5 Å². The first-order chi connectivity index (χ1) is 17.1. The van der Waals surface area contributed by atoms with Gasteiger partial charge in [0.1, 0.15) is 0 Å². The van der Waals surface area contributed by atoms with Crippen LogP contribution in [0.2, 0.25) is 0 Å². The molecule has 0 aliphatic carbocycles. The highest BCUT2D eigenvalue weighted by molar-refractivity contribution is 4.90. The van der Waals surface area contributed by atoms with Crippen LogP contribution in [-0.2, 0) is 14.2 Å². The van der Waals surface area contributed by atoms with E-state index in [9.17, 15) is 0 Å². The first kappa shape index (κ1) is 34.8. The van der Waals surface area contributed by atoms with Crippen LogP contribution in [0.3, 0.4) is 0 Å². The maximum absolute atomic E-state index is 6.49. The van der Waals surface area contributed by atoms with E-state index in [1.54, 1.807) is 0 Å². The highest BCUT2D eigenvalue weighted by Gasteiger charge is 2.53. The van der Waals surface area contributed by atoms with Crippen LogP contribution < -0.4 is 5.32 Å². The molecule has 0 radical (unpaired) electrons. The van der Waals surface area contributed by atoms with Crippen LogP contribution in [0, 0.1) is 5.41 Å². The summed E-state index contributed by atoms with van der Waals surface area (Å²) in [4.78, 5) is 0. The van der Waals surface area contributed by atoms with Gasteiger partial charge in [-0.1, -0.05) is 111 Å². The van der Waals surface area contributed by atoms with E-state index in [1.165, 1.54) is 89.9 Å². The van der Waals surface area contributed by atoms with Crippen molar-refractivity contribution in [2.24, 2.45) is 5.41 Å². The maximum Gasteiger partial charge on any atom is 0.288 e. The van der Waals surface area contributed by atoms with E-state index in [2.05, 4.69) is 46.9 Å². The Labute approximate surface area is 221 Å². The van der Waals surface area contributed by atoms with Crippen LogP contribution in [0.25, 0.3) is 0 Å². The number of nitrogens with one attached hydrogen (secondary N) is 1. The van der Waals surface area contributed by atoms with E-state index in [-0.39, 0.29) is 5.41 Å². The molecule has 0 amide bonds. The Morgan fingerprint density at radius 3 is 1.20 bits per heavy atom. The molecular weight excluding hydrogens is 434 g/mol. The fraction of sp³-hybridized carbons (Fsp3) is 1.00. The lowest BCUT2D eigenvalue weighted by molar-refractivity contribution is -0.432. The Kier molecular flexibility index (Phi) is 24.1. The zero-order valence-electron chi connectivity index (χ0n) is 25.0. The average molecular weight is 500 g/mol. The summed E-state index contributed by atoms with van der Waals surface area (Å²) in [6.07, 6.45) is 23.1. The predicted molar refractivity (Wildman–Crippen MR) is 153 cm³/mol. The summed E-state index contributed by atoms with van der Waals surface area (Å²) in [5.41, 5.74) is -0.0998. The molecule has 35 heavy (non-hydrogen) atoms. The quantitative estimate of drug-likeness (QED) is 0.0859. The third-order valence-electron chi connectivity index (χ3n) is 7.43. The van der Waals surface area contributed by atoms with Crippen LogP contribution in [0.5, 0.6) is 0 Å². The van der Waals surface area contributed by atoms with Crippen molar-refractivity contribution in [3.8, 4) is 0 Å². The summed E-state index contributed by atoms with van der Waals surface area (Å²) in [6, 6.07) is 0. The van der Waals surface area contributed by atoms with Gasteiger partial charge in [0.15, 0.2) is 0 Å². The second-order valence-corrected chi connectivity index (χ2v) is 10.3. The Hall–Kier alpha value is -0.160. The van der Waals surface area contributed by atoms with E-state index in [1.807, 2.05) is 0 Å². The normalized spacial score (nSPS) is 13.9. The van der Waals surface area contributed by atoms with E-state index in [4.69, 9.17) is 14.2 Å². The van der Waals surface area contributed by atoms with Crippen molar-refractivity contribution in [1.29, 1.82) is 0 Å². The Bertz CT molecular complexity index is 414. The van der Waals surface area contributed by atoms with E-state index in [0.717, 1.165) is 38.8 Å². The molecule has 0 heterocycles. The van der Waals surface area contributed by atoms with Gasteiger partial charge in [0.2, 0.25) is 0 Å². The van der Waals surface area contributed by atoms with Crippen LogP contribution in [0.15, 0.2) is 0 Å². The van der Waals surface area contributed by atoms with Crippen molar-refractivity contribution < 1.29 is 14.2 Å². The summed E-state index contributed by atoms with van der Waals surface area (Å²) < 4.78 is 19.5. The van der Waals surface area contributed by atoms with Crippen molar-refractivity contribution in [3.63, 3.8) is 0 Å². The fourth-order valence-electron chi connectivity index (χ4n) is 5.56. The van der Waals surface area contributed by atoms with Crippen molar-refractivity contribution >= 4 is 0 Å². The average Bonchev–Trinajstić information content (AvgIpc) is 2.85. The number of hydrogen-bond donors (Lipinski definition) is 1. The maximum atomic E-state index is 6.49. The molecule has 1 atom stereocenters. The zero-order chi connectivity index (χ0) is 26.1. The third-order valence-corrected chi connectivity index (χ3v) is 7.43. The first-order valence-electron chi connectivity index (χ1n) is 15.7. The Balaban J connectivity index is 5.54. The highest BCUT2D eigenvalue weighted by atomic mass is 16.9. The molecule has 0 bridgehead atoms.